The van der Waals surface area contributed by atoms with Crippen molar-refractivity contribution in [2.24, 2.45) is 0 Å². The average molecular weight is 326 g/mol. The number of anilines is 1. The van der Waals surface area contributed by atoms with Crippen molar-refractivity contribution in [1.29, 1.82) is 0 Å². The fraction of sp³-hybridized carbons (Fsp3) is 0.235. The summed E-state index contributed by atoms with van der Waals surface area (Å²) in [5.74, 6) is 1.80. The Morgan fingerprint density at radius 1 is 1.12 bits per heavy atom. The molecule has 0 atom stereocenters. The normalized spacial score (nSPS) is 10.6. The van der Waals surface area contributed by atoms with Crippen molar-refractivity contribution in [2.45, 2.75) is 13.8 Å². The highest BCUT2D eigenvalue weighted by Crippen LogP contribution is 2.17. The first-order valence-electron chi connectivity index (χ1n) is 7.62. The third kappa shape index (κ3) is 3.81. The van der Waals surface area contributed by atoms with E-state index in [1.807, 2.05) is 13.8 Å². The van der Waals surface area contributed by atoms with Crippen LogP contribution in [0.2, 0.25) is 0 Å². The Hall–Kier alpha value is -3.09. The lowest BCUT2D eigenvalue weighted by atomic mass is 10.3. The maximum Gasteiger partial charge on any atom is 0.262 e. The van der Waals surface area contributed by atoms with Gasteiger partial charge in [-0.2, -0.15) is 5.10 Å². The van der Waals surface area contributed by atoms with Gasteiger partial charge in [-0.15, -0.1) is 0 Å². The lowest BCUT2D eigenvalue weighted by molar-refractivity contribution is -0.118. The van der Waals surface area contributed by atoms with Gasteiger partial charge in [0.1, 0.15) is 17.3 Å². The van der Waals surface area contributed by atoms with Crippen LogP contribution < -0.4 is 14.8 Å². The van der Waals surface area contributed by atoms with Crippen LogP contribution in [0.4, 0.5) is 5.69 Å². The molecule has 3 aromatic rings. The Morgan fingerprint density at radius 3 is 2.54 bits per heavy atom. The van der Waals surface area contributed by atoms with Gasteiger partial charge in [0.2, 0.25) is 0 Å². The molecule has 3 rings (SSSR count). The number of benzene rings is 1. The van der Waals surface area contributed by atoms with E-state index in [0.717, 1.165) is 11.4 Å². The molecule has 0 fully saturated rings. The van der Waals surface area contributed by atoms with E-state index >= 15 is 0 Å². The van der Waals surface area contributed by atoms with Crippen LogP contribution >= 0.6 is 0 Å². The molecule has 0 saturated heterocycles. The van der Waals surface area contributed by atoms with Gasteiger partial charge in [-0.05, 0) is 50.2 Å². The van der Waals surface area contributed by atoms with Crippen LogP contribution in [0.3, 0.4) is 0 Å². The predicted octanol–water partition coefficient (Wildman–Crippen LogP) is 2.45. The van der Waals surface area contributed by atoms with Gasteiger partial charge < -0.3 is 14.8 Å². The van der Waals surface area contributed by atoms with Crippen LogP contribution in [0.1, 0.15) is 12.7 Å². The van der Waals surface area contributed by atoms with E-state index < -0.39 is 0 Å². The summed E-state index contributed by atoms with van der Waals surface area (Å²) in [5, 5.41) is 6.98. The largest absolute Gasteiger partial charge is 0.494 e. The highest BCUT2D eigenvalue weighted by Gasteiger charge is 2.06. The molecule has 7 heteroatoms. The minimum absolute atomic E-state index is 0.0809. The first-order valence-corrected chi connectivity index (χ1v) is 7.62. The first kappa shape index (κ1) is 15.8. The lowest BCUT2D eigenvalue weighted by Gasteiger charge is -2.08. The van der Waals surface area contributed by atoms with Crippen LogP contribution in [0, 0.1) is 6.92 Å². The summed E-state index contributed by atoms with van der Waals surface area (Å²) in [4.78, 5) is 16.2. The van der Waals surface area contributed by atoms with Crippen molar-refractivity contribution >= 4 is 17.2 Å². The molecule has 0 saturated carbocycles. The van der Waals surface area contributed by atoms with E-state index in [9.17, 15) is 4.79 Å². The molecule has 0 aliphatic heterocycles. The third-order valence-electron chi connectivity index (χ3n) is 3.23. The van der Waals surface area contributed by atoms with Gasteiger partial charge in [0.15, 0.2) is 12.3 Å². The highest BCUT2D eigenvalue weighted by molar-refractivity contribution is 5.91. The molecule has 2 heterocycles. The van der Waals surface area contributed by atoms with Gasteiger partial charge in [-0.25, -0.2) is 9.50 Å². The molecule has 0 spiro atoms. The lowest BCUT2D eigenvalue weighted by Crippen LogP contribution is -2.20. The van der Waals surface area contributed by atoms with E-state index in [1.165, 1.54) is 0 Å². The molecule has 0 unspecified atom stereocenters. The number of carbonyl (C=O) groups is 1. The summed E-state index contributed by atoms with van der Waals surface area (Å²) >= 11 is 0. The maximum absolute atomic E-state index is 12.0. The Morgan fingerprint density at radius 2 is 1.83 bits per heavy atom. The van der Waals surface area contributed by atoms with Gasteiger partial charge in [-0.1, -0.05) is 0 Å². The Bertz CT molecular complexity index is 843. The van der Waals surface area contributed by atoms with E-state index in [4.69, 9.17) is 9.47 Å². The number of rotatable bonds is 6. The summed E-state index contributed by atoms with van der Waals surface area (Å²) in [6.45, 7) is 4.27. The fourth-order valence-corrected chi connectivity index (χ4v) is 2.21. The first-order chi connectivity index (χ1) is 11.6. The van der Waals surface area contributed by atoms with E-state index in [-0.39, 0.29) is 12.5 Å². The zero-order valence-electron chi connectivity index (χ0n) is 13.5. The van der Waals surface area contributed by atoms with E-state index in [2.05, 4.69) is 15.4 Å². The molecule has 1 aromatic carbocycles. The van der Waals surface area contributed by atoms with Crippen molar-refractivity contribution in [3.63, 3.8) is 0 Å². The van der Waals surface area contributed by atoms with Crippen LogP contribution in [0.25, 0.3) is 5.65 Å². The Balaban J connectivity index is 1.56. The van der Waals surface area contributed by atoms with Crippen LogP contribution in [-0.2, 0) is 4.79 Å². The predicted molar refractivity (Wildman–Crippen MR) is 89.5 cm³/mol. The van der Waals surface area contributed by atoms with Crippen molar-refractivity contribution in [1.82, 2.24) is 14.6 Å². The number of nitrogens with one attached hydrogen (secondary N) is 1. The second-order valence-electron chi connectivity index (χ2n) is 5.12. The monoisotopic (exact) mass is 326 g/mol. The number of ether oxygens (including phenoxy) is 2. The Kier molecular flexibility index (Phi) is 4.60. The van der Waals surface area contributed by atoms with Crippen molar-refractivity contribution in [2.75, 3.05) is 18.5 Å². The highest BCUT2D eigenvalue weighted by atomic mass is 16.5. The van der Waals surface area contributed by atoms with Crippen LogP contribution in [-0.4, -0.2) is 33.7 Å². The number of hydrogen-bond donors (Lipinski definition) is 1. The maximum atomic E-state index is 12.0. The number of aryl methyl sites for hydroxylation is 1. The van der Waals surface area contributed by atoms with Crippen LogP contribution in [0.15, 0.2) is 42.6 Å². The summed E-state index contributed by atoms with van der Waals surface area (Å²) in [6, 6.07) is 10.7. The third-order valence-corrected chi connectivity index (χ3v) is 3.23. The molecule has 1 N–H and O–H groups in total. The fourth-order valence-electron chi connectivity index (χ4n) is 2.21. The van der Waals surface area contributed by atoms with Gasteiger partial charge in [0, 0.05) is 0 Å². The second kappa shape index (κ2) is 6.99. The zero-order chi connectivity index (χ0) is 16.9. The molecular formula is C17H18N4O3. The van der Waals surface area contributed by atoms with Gasteiger partial charge in [-0.3, -0.25) is 4.79 Å². The summed E-state index contributed by atoms with van der Waals surface area (Å²) in [5.41, 5.74) is 1.36. The molecule has 7 nitrogen and oxygen atoms in total. The number of pyridine rings is 1. The minimum atomic E-state index is -0.250. The second-order valence-corrected chi connectivity index (χ2v) is 5.12. The van der Waals surface area contributed by atoms with Gasteiger partial charge in [0.25, 0.3) is 5.91 Å². The molecule has 24 heavy (non-hydrogen) atoms. The number of carbonyl (C=O) groups excluding carboxylic acids is 1. The van der Waals surface area contributed by atoms with E-state index in [0.29, 0.717) is 23.9 Å². The number of hydrogen-bond acceptors (Lipinski definition) is 5. The molecule has 0 aliphatic carbocycles. The quantitative estimate of drug-likeness (QED) is 0.753. The smallest absolute Gasteiger partial charge is 0.262 e. The van der Waals surface area contributed by atoms with Gasteiger partial charge >= 0.3 is 0 Å². The molecule has 0 bridgehead atoms. The number of fused-ring (bicyclic) bond motifs is 1. The Labute approximate surface area is 139 Å². The zero-order valence-corrected chi connectivity index (χ0v) is 13.5. The average Bonchev–Trinajstić information content (AvgIpc) is 2.94. The van der Waals surface area contributed by atoms with Crippen molar-refractivity contribution in [3.05, 3.63) is 48.4 Å². The van der Waals surface area contributed by atoms with Crippen LogP contribution in [0.5, 0.6) is 11.5 Å². The number of nitrogens with zero attached hydrogens (tertiary/aromatic N) is 3. The van der Waals surface area contributed by atoms with Gasteiger partial charge in [0.05, 0.1) is 18.5 Å². The molecule has 1 amide bonds. The molecular weight excluding hydrogens is 308 g/mol. The summed E-state index contributed by atoms with van der Waals surface area (Å²) in [7, 11) is 0. The molecule has 0 aliphatic rings. The topological polar surface area (TPSA) is 77.8 Å². The standard InChI is InChI=1S/C17H18N4O3/c1-3-23-14-5-7-15(8-6-14)24-11-17(22)19-13-4-9-16-18-12(2)20-21(16)10-13/h4-10H,3,11H2,1-2H3,(H,19,22). The van der Waals surface area contributed by atoms with Crippen molar-refractivity contribution < 1.29 is 14.3 Å². The van der Waals surface area contributed by atoms with E-state index in [1.54, 1.807) is 47.1 Å². The SMILES string of the molecule is CCOc1ccc(OCC(=O)Nc2ccc3nc(C)nn3c2)cc1. The molecule has 0 radical (unpaired) electrons. The molecule has 2 aromatic heterocycles. The summed E-state index contributed by atoms with van der Waals surface area (Å²) < 4.78 is 12.4. The van der Waals surface area contributed by atoms with Crippen molar-refractivity contribution in [3.8, 4) is 11.5 Å². The number of amides is 1. The minimum Gasteiger partial charge on any atom is -0.494 e. The number of aromatic nitrogens is 3. The molecule has 124 valence electrons. The summed E-state index contributed by atoms with van der Waals surface area (Å²) in [6.07, 6.45) is 1.71.